The molecule has 1 aromatic heterocycles. The number of ether oxygens (including phenoxy) is 1. The summed E-state index contributed by atoms with van der Waals surface area (Å²) < 4.78 is 7.23. The maximum Gasteiger partial charge on any atom is 0.328 e. The minimum Gasteiger partial charge on any atom is -0.461 e. The van der Waals surface area contributed by atoms with Crippen molar-refractivity contribution in [2.75, 3.05) is 5.73 Å². The summed E-state index contributed by atoms with van der Waals surface area (Å²) in [7, 11) is 0. The van der Waals surface area contributed by atoms with Gasteiger partial charge in [0.2, 0.25) is 0 Å². The Morgan fingerprint density at radius 3 is 2.90 bits per heavy atom. The number of hydrogen-bond donors (Lipinski definition) is 1. The quantitative estimate of drug-likeness (QED) is 0.860. The summed E-state index contributed by atoms with van der Waals surface area (Å²) in [5.41, 5.74) is 5.53. The van der Waals surface area contributed by atoms with Crippen LogP contribution in [0.4, 0.5) is 5.82 Å². The Kier molecular flexibility index (Phi) is 4.68. The predicted molar refractivity (Wildman–Crippen MR) is 77.9 cm³/mol. The van der Waals surface area contributed by atoms with E-state index in [1.165, 1.54) is 11.1 Å². The molecule has 5 heteroatoms. The van der Waals surface area contributed by atoms with E-state index in [2.05, 4.69) is 25.9 Å². The van der Waals surface area contributed by atoms with Crippen LogP contribution in [0, 0.1) is 17.8 Å². The summed E-state index contributed by atoms with van der Waals surface area (Å²) in [5.74, 6) is 1.84. The third kappa shape index (κ3) is 3.74. The molecule has 0 amide bonds. The second-order valence-corrected chi connectivity index (χ2v) is 6.29. The van der Waals surface area contributed by atoms with E-state index in [-0.39, 0.29) is 18.6 Å². The number of aromatic nitrogens is 2. The van der Waals surface area contributed by atoms with Crippen LogP contribution in [-0.4, -0.2) is 21.9 Å². The number of carbonyl (C=O) groups excluding carboxylic acids is 1. The monoisotopic (exact) mass is 279 g/mol. The summed E-state index contributed by atoms with van der Waals surface area (Å²) in [4.78, 5) is 12.0. The van der Waals surface area contributed by atoms with Crippen LogP contribution in [0.3, 0.4) is 0 Å². The molecule has 2 rings (SSSR count). The third-order valence-electron chi connectivity index (χ3n) is 4.20. The molecule has 0 aromatic carbocycles. The zero-order valence-corrected chi connectivity index (χ0v) is 12.6. The van der Waals surface area contributed by atoms with Crippen molar-refractivity contribution in [3.05, 3.63) is 12.3 Å². The average molecular weight is 279 g/mol. The third-order valence-corrected chi connectivity index (χ3v) is 4.20. The molecule has 2 N–H and O–H groups in total. The minimum absolute atomic E-state index is 0.0409. The Bertz CT molecular complexity index is 456. The SMILES string of the molecule is CC1CCC(C(C)C)C(OC(=O)Cn2ccc(N)n2)C1. The molecule has 1 aliphatic carbocycles. The van der Waals surface area contributed by atoms with Crippen molar-refractivity contribution in [2.24, 2.45) is 17.8 Å². The molecule has 3 atom stereocenters. The number of nitrogens with zero attached hydrogens (tertiary/aromatic N) is 2. The number of hydrogen-bond acceptors (Lipinski definition) is 4. The van der Waals surface area contributed by atoms with Crippen molar-refractivity contribution in [1.29, 1.82) is 0 Å². The van der Waals surface area contributed by atoms with Gasteiger partial charge in [-0.1, -0.05) is 27.2 Å². The van der Waals surface area contributed by atoms with E-state index in [1.807, 2.05) is 0 Å². The van der Waals surface area contributed by atoms with Gasteiger partial charge in [0, 0.05) is 6.20 Å². The van der Waals surface area contributed by atoms with E-state index in [4.69, 9.17) is 10.5 Å². The van der Waals surface area contributed by atoms with Gasteiger partial charge in [-0.05, 0) is 36.7 Å². The van der Waals surface area contributed by atoms with Crippen LogP contribution in [0.5, 0.6) is 0 Å². The molecule has 0 aliphatic heterocycles. The predicted octanol–water partition coefficient (Wildman–Crippen LogP) is 2.47. The molecule has 20 heavy (non-hydrogen) atoms. The summed E-state index contributed by atoms with van der Waals surface area (Å²) in [6.07, 6.45) is 5.08. The van der Waals surface area contributed by atoms with Crippen molar-refractivity contribution in [3.8, 4) is 0 Å². The van der Waals surface area contributed by atoms with Crippen LogP contribution < -0.4 is 5.73 Å². The lowest BCUT2D eigenvalue weighted by Crippen LogP contribution is -2.36. The van der Waals surface area contributed by atoms with E-state index in [0.29, 0.717) is 23.6 Å². The Labute approximate surface area is 120 Å². The van der Waals surface area contributed by atoms with Gasteiger partial charge >= 0.3 is 5.97 Å². The first-order valence-electron chi connectivity index (χ1n) is 7.44. The Morgan fingerprint density at radius 1 is 1.55 bits per heavy atom. The van der Waals surface area contributed by atoms with Crippen molar-refractivity contribution in [3.63, 3.8) is 0 Å². The lowest BCUT2D eigenvalue weighted by Gasteiger charge is -2.36. The molecular weight excluding hydrogens is 254 g/mol. The fourth-order valence-electron chi connectivity index (χ4n) is 3.05. The Balaban J connectivity index is 1.93. The average Bonchev–Trinajstić information content (AvgIpc) is 2.74. The standard InChI is InChI=1S/C15H25N3O2/c1-10(2)12-5-4-11(3)8-13(12)20-15(19)9-18-7-6-14(16)17-18/h6-7,10-13H,4-5,8-9H2,1-3H3,(H2,16,17). The van der Waals surface area contributed by atoms with Crippen LogP contribution in [0.1, 0.15) is 40.0 Å². The van der Waals surface area contributed by atoms with Gasteiger partial charge in [-0.3, -0.25) is 9.48 Å². The molecule has 112 valence electrons. The van der Waals surface area contributed by atoms with E-state index in [9.17, 15) is 4.79 Å². The van der Waals surface area contributed by atoms with Crippen LogP contribution in [0.25, 0.3) is 0 Å². The highest BCUT2D eigenvalue weighted by Crippen LogP contribution is 2.35. The van der Waals surface area contributed by atoms with E-state index >= 15 is 0 Å². The van der Waals surface area contributed by atoms with Crippen molar-refractivity contribution in [1.82, 2.24) is 9.78 Å². The highest BCUT2D eigenvalue weighted by atomic mass is 16.5. The lowest BCUT2D eigenvalue weighted by atomic mass is 9.75. The minimum atomic E-state index is -0.224. The van der Waals surface area contributed by atoms with Gasteiger partial charge in [0.1, 0.15) is 18.5 Å². The van der Waals surface area contributed by atoms with E-state index in [1.54, 1.807) is 12.3 Å². The van der Waals surface area contributed by atoms with Crippen LogP contribution in [0.15, 0.2) is 12.3 Å². The normalized spacial score (nSPS) is 26.7. The van der Waals surface area contributed by atoms with Crippen LogP contribution in [0.2, 0.25) is 0 Å². The second kappa shape index (κ2) is 6.29. The van der Waals surface area contributed by atoms with Gasteiger partial charge in [0.15, 0.2) is 0 Å². The summed E-state index contributed by atoms with van der Waals surface area (Å²) >= 11 is 0. The molecule has 1 heterocycles. The Hall–Kier alpha value is -1.52. The first-order chi connectivity index (χ1) is 9.45. The van der Waals surface area contributed by atoms with Gasteiger partial charge in [0.25, 0.3) is 0 Å². The van der Waals surface area contributed by atoms with Crippen LogP contribution in [-0.2, 0) is 16.1 Å². The first-order valence-corrected chi connectivity index (χ1v) is 7.44. The highest BCUT2D eigenvalue weighted by molar-refractivity contribution is 5.69. The fraction of sp³-hybridized carbons (Fsp3) is 0.733. The molecule has 1 aromatic rings. The Morgan fingerprint density at radius 2 is 2.30 bits per heavy atom. The zero-order chi connectivity index (χ0) is 14.7. The maximum absolute atomic E-state index is 12.0. The molecular formula is C15H25N3O2. The maximum atomic E-state index is 12.0. The molecule has 0 spiro atoms. The fourth-order valence-corrected chi connectivity index (χ4v) is 3.05. The summed E-state index contributed by atoms with van der Waals surface area (Å²) in [6.45, 7) is 6.77. The van der Waals surface area contributed by atoms with Gasteiger partial charge in [-0.2, -0.15) is 5.10 Å². The molecule has 1 aliphatic rings. The van der Waals surface area contributed by atoms with Crippen molar-refractivity contribution >= 4 is 11.8 Å². The number of anilines is 1. The molecule has 0 saturated heterocycles. The number of nitrogens with two attached hydrogens (primary N) is 1. The first kappa shape index (κ1) is 14.9. The number of nitrogen functional groups attached to an aromatic ring is 1. The van der Waals surface area contributed by atoms with Gasteiger partial charge in [-0.25, -0.2) is 0 Å². The molecule has 0 bridgehead atoms. The largest absolute Gasteiger partial charge is 0.461 e. The van der Waals surface area contributed by atoms with Crippen LogP contribution >= 0.6 is 0 Å². The molecule has 5 nitrogen and oxygen atoms in total. The van der Waals surface area contributed by atoms with Gasteiger partial charge in [0.05, 0.1) is 0 Å². The zero-order valence-electron chi connectivity index (χ0n) is 12.6. The number of esters is 1. The highest BCUT2D eigenvalue weighted by Gasteiger charge is 2.33. The lowest BCUT2D eigenvalue weighted by molar-refractivity contribution is -0.156. The molecule has 1 saturated carbocycles. The molecule has 1 fully saturated rings. The second-order valence-electron chi connectivity index (χ2n) is 6.29. The van der Waals surface area contributed by atoms with Gasteiger partial charge < -0.3 is 10.5 Å². The summed E-state index contributed by atoms with van der Waals surface area (Å²) in [6, 6.07) is 1.67. The van der Waals surface area contributed by atoms with Crippen molar-refractivity contribution < 1.29 is 9.53 Å². The number of carbonyl (C=O) groups is 1. The van der Waals surface area contributed by atoms with Gasteiger partial charge in [-0.15, -0.1) is 0 Å². The smallest absolute Gasteiger partial charge is 0.328 e. The molecule has 0 radical (unpaired) electrons. The molecule has 3 unspecified atom stereocenters. The van der Waals surface area contributed by atoms with E-state index < -0.39 is 0 Å². The van der Waals surface area contributed by atoms with Crippen molar-refractivity contribution in [2.45, 2.75) is 52.7 Å². The number of rotatable bonds is 4. The topological polar surface area (TPSA) is 70.1 Å². The van der Waals surface area contributed by atoms with E-state index in [0.717, 1.165) is 12.8 Å². The summed E-state index contributed by atoms with van der Waals surface area (Å²) in [5, 5.41) is 4.01.